The molecule has 0 saturated heterocycles. The molecule has 0 bridgehead atoms. The molecule has 1 aliphatic carbocycles. The zero-order valence-electron chi connectivity index (χ0n) is 14.9. The van der Waals surface area contributed by atoms with Gasteiger partial charge in [0.2, 0.25) is 0 Å². The molecule has 1 aliphatic rings. The minimum absolute atomic E-state index is 0.0288. The molecule has 1 fully saturated rings. The predicted octanol–water partition coefficient (Wildman–Crippen LogP) is 2.43. The summed E-state index contributed by atoms with van der Waals surface area (Å²) in [6.07, 6.45) is 1.50. The molecule has 2 rings (SSSR count). The van der Waals surface area contributed by atoms with Gasteiger partial charge < -0.3 is 15.7 Å². The number of hydrogen-bond acceptors (Lipinski definition) is 3. The Morgan fingerprint density at radius 2 is 2.08 bits per heavy atom. The van der Waals surface area contributed by atoms with Crippen LogP contribution in [0.25, 0.3) is 0 Å². The SMILES string of the molecule is CCN(CC(=O)O)C1CC(NC(=O)NC(C)c2ccc(F)c(C)c2)C1. The molecule has 0 spiro atoms. The highest BCUT2D eigenvalue weighted by Crippen LogP contribution is 2.25. The van der Waals surface area contributed by atoms with Crippen LogP contribution in [0.15, 0.2) is 18.2 Å². The van der Waals surface area contributed by atoms with Gasteiger partial charge in [0, 0.05) is 12.1 Å². The van der Waals surface area contributed by atoms with Crippen molar-refractivity contribution >= 4 is 12.0 Å². The van der Waals surface area contributed by atoms with Crippen LogP contribution in [0, 0.1) is 12.7 Å². The zero-order valence-corrected chi connectivity index (χ0v) is 14.9. The van der Waals surface area contributed by atoms with Gasteiger partial charge in [-0.15, -0.1) is 0 Å². The maximum Gasteiger partial charge on any atom is 0.317 e. The number of rotatable bonds is 7. The highest BCUT2D eigenvalue weighted by atomic mass is 19.1. The molecule has 1 aromatic rings. The minimum Gasteiger partial charge on any atom is -0.480 e. The standard InChI is InChI=1S/C18H26FN3O3/c1-4-22(10-17(23)24)15-8-14(9-15)21-18(25)20-12(3)13-5-6-16(19)11(2)7-13/h5-7,12,14-15H,4,8-10H2,1-3H3,(H,23,24)(H2,20,21,25). The molecule has 2 amide bonds. The van der Waals surface area contributed by atoms with Crippen molar-refractivity contribution < 1.29 is 19.1 Å². The zero-order chi connectivity index (χ0) is 18.6. The van der Waals surface area contributed by atoms with Crippen molar-refractivity contribution in [2.24, 2.45) is 0 Å². The summed E-state index contributed by atoms with van der Waals surface area (Å²) in [5.41, 5.74) is 1.39. The van der Waals surface area contributed by atoms with Crippen LogP contribution in [-0.2, 0) is 4.79 Å². The van der Waals surface area contributed by atoms with Crippen molar-refractivity contribution in [1.82, 2.24) is 15.5 Å². The second kappa shape index (κ2) is 8.29. The monoisotopic (exact) mass is 351 g/mol. The highest BCUT2D eigenvalue weighted by molar-refractivity contribution is 5.75. The van der Waals surface area contributed by atoms with Crippen LogP contribution in [0.1, 0.15) is 43.9 Å². The van der Waals surface area contributed by atoms with Crippen LogP contribution in [0.2, 0.25) is 0 Å². The van der Waals surface area contributed by atoms with Gasteiger partial charge in [0.15, 0.2) is 0 Å². The van der Waals surface area contributed by atoms with Gasteiger partial charge >= 0.3 is 12.0 Å². The first-order chi connectivity index (χ1) is 11.8. The molecule has 1 unspecified atom stereocenters. The number of benzene rings is 1. The number of urea groups is 1. The fraction of sp³-hybridized carbons (Fsp3) is 0.556. The van der Waals surface area contributed by atoms with Crippen LogP contribution >= 0.6 is 0 Å². The first-order valence-corrected chi connectivity index (χ1v) is 8.59. The van der Waals surface area contributed by atoms with E-state index in [1.807, 2.05) is 18.7 Å². The number of amides is 2. The normalized spacial score (nSPS) is 20.7. The van der Waals surface area contributed by atoms with E-state index in [0.29, 0.717) is 12.1 Å². The summed E-state index contributed by atoms with van der Waals surface area (Å²) in [4.78, 5) is 24.8. The Morgan fingerprint density at radius 3 is 2.64 bits per heavy atom. The molecular formula is C18H26FN3O3. The fourth-order valence-corrected chi connectivity index (χ4v) is 3.12. The summed E-state index contributed by atoms with van der Waals surface area (Å²) in [6, 6.07) is 4.55. The smallest absolute Gasteiger partial charge is 0.317 e. The maximum absolute atomic E-state index is 13.3. The van der Waals surface area contributed by atoms with E-state index >= 15 is 0 Å². The number of carbonyl (C=O) groups is 2. The Kier molecular flexibility index (Phi) is 6.36. The van der Waals surface area contributed by atoms with E-state index in [1.165, 1.54) is 6.07 Å². The maximum atomic E-state index is 13.3. The molecule has 0 heterocycles. The first kappa shape index (κ1) is 19.2. The molecule has 1 aromatic carbocycles. The third-order valence-corrected chi connectivity index (χ3v) is 4.74. The molecule has 7 heteroatoms. The third kappa shape index (κ3) is 5.16. The van der Waals surface area contributed by atoms with Gasteiger partial charge in [0.05, 0.1) is 12.6 Å². The quantitative estimate of drug-likeness (QED) is 0.705. The average Bonchev–Trinajstić information content (AvgIpc) is 2.50. The van der Waals surface area contributed by atoms with Gasteiger partial charge in [-0.25, -0.2) is 9.18 Å². The number of aliphatic carboxylic acids is 1. The Bertz CT molecular complexity index is 632. The summed E-state index contributed by atoms with van der Waals surface area (Å²) in [7, 11) is 0. The number of carboxylic acids is 1. The second-order valence-corrected chi connectivity index (χ2v) is 6.63. The lowest BCUT2D eigenvalue weighted by Crippen LogP contribution is -2.56. The second-order valence-electron chi connectivity index (χ2n) is 6.63. The van der Waals surface area contributed by atoms with Crippen molar-refractivity contribution in [3.05, 3.63) is 35.1 Å². The van der Waals surface area contributed by atoms with Crippen LogP contribution in [-0.4, -0.2) is 47.2 Å². The topological polar surface area (TPSA) is 81.7 Å². The molecule has 6 nitrogen and oxygen atoms in total. The van der Waals surface area contributed by atoms with Crippen LogP contribution < -0.4 is 10.6 Å². The molecule has 0 aliphatic heterocycles. The van der Waals surface area contributed by atoms with Crippen molar-refractivity contribution in [1.29, 1.82) is 0 Å². The summed E-state index contributed by atoms with van der Waals surface area (Å²) >= 11 is 0. The molecule has 1 atom stereocenters. The summed E-state index contributed by atoms with van der Waals surface area (Å²) in [6.45, 7) is 6.18. The van der Waals surface area contributed by atoms with Crippen LogP contribution in [0.4, 0.5) is 9.18 Å². The first-order valence-electron chi connectivity index (χ1n) is 8.59. The third-order valence-electron chi connectivity index (χ3n) is 4.74. The Morgan fingerprint density at radius 1 is 1.40 bits per heavy atom. The minimum atomic E-state index is -0.834. The number of hydrogen-bond donors (Lipinski definition) is 3. The highest BCUT2D eigenvalue weighted by Gasteiger charge is 2.34. The van der Waals surface area contributed by atoms with Crippen molar-refractivity contribution in [3.8, 4) is 0 Å². The Hall–Kier alpha value is -2.15. The van der Waals surface area contributed by atoms with E-state index in [9.17, 15) is 14.0 Å². The lowest BCUT2D eigenvalue weighted by Gasteiger charge is -2.42. The number of halogens is 1. The number of aryl methyl sites for hydroxylation is 1. The number of nitrogens with one attached hydrogen (secondary N) is 2. The molecule has 3 N–H and O–H groups in total. The van der Waals surface area contributed by atoms with Gasteiger partial charge in [0.1, 0.15) is 5.82 Å². The van der Waals surface area contributed by atoms with E-state index in [0.717, 1.165) is 18.4 Å². The van der Waals surface area contributed by atoms with Crippen molar-refractivity contribution in [2.45, 2.75) is 51.7 Å². The lowest BCUT2D eigenvalue weighted by atomic mass is 9.85. The fourth-order valence-electron chi connectivity index (χ4n) is 3.12. The van der Waals surface area contributed by atoms with Crippen molar-refractivity contribution in [3.63, 3.8) is 0 Å². The molecule has 1 saturated carbocycles. The number of nitrogens with zero attached hydrogens (tertiary/aromatic N) is 1. The van der Waals surface area contributed by atoms with E-state index in [1.54, 1.807) is 19.1 Å². The van der Waals surface area contributed by atoms with Crippen molar-refractivity contribution in [2.75, 3.05) is 13.1 Å². The molecule has 138 valence electrons. The molecule has 25 heavy (non-hydrogen) atoms. The van der Waals surface area contributed by atoms with Gasteiger partial charge in [-0.05, 0) is 50.4 Å². The molecular weight excluding hydrogens is 325 g/mol. The lowest BCUT2D eigenvalue weighted by molar-refractivity contribution is -0.139. The number of carbonyl (C=O) groups excluding carboxylic acids is 1. The Balaban J connectivity index is 1.78. The summed E-state index contributed by atoms with van der Waals surface area (Å²) in [5.74, 6) is -1.10. The average molecular weight is 351 g/mol. The summed E-state index contributed by atoms with van der Waals surface area (Å²) in [5, 5.41) is 14.7. The number of carboxylic acid groups (broad SMARTS) is 1. The van der Waals surface area contributed by atoms with Crippen LogP contribution in [0.5, 0.6) is 0 Å². The van der Waals surface area contributed by atoms with Crippen LogP contribution in [0.3, 0.4) is 0 Å². The largest absolute Gasteiger partial charge is 0.480 e. The Labute approximate surface area is 147 Å². The van der Waals surface area contributed by atoms with Gasteiger partial charge in [0.25, 0.3) is 0 Å². The van der Waals surface area contributed by atoms with E-state index in [2.05, 4.69) is 10.6 Å². The number of likely N-dealkylation sites (N-methyl/N-ethyl adjacent to an activating group) is 1. The molecule has 0 aromatic heterocycles. The summed E-state index contributed by atoms with van der Waals surface area (Å²) < 4.78 is 13.3. The van der Waals surface area contributed by atoms with Gasteiger partial charge in [-0.1, -0.05) is 19.1 Å². The van der Waals surface area contributed by atoms with Gasteiger partial charge in [-0.3, -0.25) is 9.69 Å². The molecule has 0 radical (unpaired) electrons. The predicted molar refractivity (Wildman–Crippen MR) is 92.9 cm³/mol. The van der Waals surface area contributed by atoms with Gasteiger partial charge in [-0.2, -0.15) is 0 Å². The van der Waals surface area contributed by atoms with E-state index in [4.69, 9.17) is 5.11 Å². The van der Waals surface area contributed by atoms with E-state index in [-0.39, 0.29) is 36.5 Å². The van der Waals surface area contributed by atoms with E-state index < -0.39 is 5.97 Å².